The number of nitrogens with zero attached hydrogens (tertiary/aromatic N) is 2. The van der Waals surface area contributed by atoms with E-state index < -0.39 is 0 Å². The van der Waals surface area contributed by atoms with Crippen molar-refractivity contribution in [3.8, 4) is 0 Å². The Labute approximate surface area is 113 Å². The number of aromatic amines is 1. The van der Waals surface area contributed by atoms with Crippen molar-refractivity contribution in [1.29, 1.82) is 0 Å². The molecular weight excluding hydrogens is 234 g/mol. The van der Waals surface area contributed by atoms with Crippen LogP contribution in [0.1, 0.15) is 50.9 Å². The van der Waals surface area contributed by atoms with E-state index in [2.05, 4.69) is 62.5 Å². The lowest BCUT2D eigenvalue weighted by molar-refractivity contribution is 0.795. The van der Waals surface area contributed by atoms with E-state index in [0.717, 1.165) is 17.0 Å². The first-order chi connectivity index (χ1) is 8.99. The number of aryl methyl sites for hydroxylation is 1. The van der Waals surface area contributed by atoms with Gasteiger partial charge in [0.15, 0.2) is 5.65 Å². The fraction of sp³-hybridized carbons (Fsp3) is 0.438. The van der Waals surface area contributed by atoms with Crippen molar-refractivity contribution in [2.45, 2.75) is 39.5 Å². The van der Waals surface area contributed by atoms with Gasteiger partial charge in [0.2, 0.25) is 0 Å². The van der Waals surface area contributed by atoms with E-state index in [0.29, 0.717) is 11.8 Å². The molecule has 100 valence electrons. The maximum atomic E-state index is 4.73. The molecule has 0 bridgehead atoms. The number of hydrogen-bond donors (Lipinski definition) is 1. The highest BCUT2D eigenvalue weighted by molar-refractivity contribution is 6.04. The molecule has 2 aromatic heterocycles. The van der Waals surface area contributed by atoms with Crippen LogP contribution in [0.2, 0.25) is 0 Å². The molecule has 0 unspecified atom stereocenters. The molecule has 2 heterocycles. The zero-order valence-electron chi connectivity index (χ0n) is 12.3. The lowest BCUT2D eigenvalue weighted by Gasteiger charge is -2.06. The highest BCUT2D eigenvalue weighted by Crippen LogP contribution is 2.30. The quantitative estimate of drug-likeness (QED) is 0.727. The third kappa shape index (κ3) is 1.76. The summed E-state index contributed by atoms with van der Waals surface area (Å²) in [6.45, 7) is 8.78. The van der Waals surface area contributed by atoms with Gasteiger partial charge in [-0.05, 0) is 17.5 Å². The second-order valence-electron chi connectivity index (χ2n) is 5.97. The van der Waals surface area contributed by atoms with Crippen LogP contribution in [0.15, 0.2) is 18.2 Å². The topological polar surface area (TPSA) is 33.6 Å². The van der Waals surface area contributed by atoms with E-state index >= 15 is 0 Å². The predicted molar refractivity (Wildman–Crippen MR) is 80.7 cm³/mol. The van der Waals surface area contributed by atoms with Crippen molar-refractivity contribution < 1.29 is 0 Å². The number of H-pyrrole nitrogens is 1. The molecular formula is C16H21N3. The number of benzene rings is 1. The van der Waals surface area contributed by atoms with Crippen molar-refractivity contribution in [3.05, 3.63) is 29.6 Å². The summed E-state index contributed by atoms with van der Waals surface area (Å²) in [4.78, 5) is 8.21. The Morgan fingerprint density at radius 3 is 2.47 bits per heavy atom. The number of nitrogens with one attached hydrogen (secondary N) is 1. The monoisotopic (exact) mass is 255 g/mol. The van der Waals surface area contributed by atoms with Gasteiger partial charge in [0.05, 0.1) is 11.0 Å². The number of imidazole rings is 1. The van der Waals surface area contributed by atoms with Crippen LogP contribution >= 0.6 is 0 Å². The maximum absolute atomic E-state index is 4.73. The fourth-order valence-corrected chi connectivity index (χ4v) is 2.60. The van der Waals surface area contributed by atoms with E-state index in [-0.39, 0.29) is 0 Å². The van der Waals surface area contributed by atoms with Crippen LogP contribution in [0.25, 0.3) is 22.1 Å². The molecule has 0 radical (unpaired) electrons. The molecule has 3 aromatic rings. The van der Waals surface area contributed by atoms with E-state index in [4.69, 9.17) is 4.98 Å². The molecule has 0 aliphatic rings. The average molecular weight is 255 g/mol. The van der Waals surface area contributed by atoms with E-state index in [1.165, 1.54) is 16.5 Å². The van der Waals surface area contributed by atoms with Crippen molar-refractivity contribution in [2.75, 3.05) is 0 Å². The maximum Gasteiger partial charge on any atom is 0.159 e. The smallest absolute Gasteiger partial charge is 0.159 e. The van der Waals surface area contributed by atoms with E-state index in [1.54, 1.807) is 0 Å². The standard InChI is InChI=1S/C16H21N3/c1-9(2)11-6-7-12-13(8-11)19(5)16-14(12)17-15(18-16)10(3)4/h6-10H,1-5H3,(H,17,18). The molecule has 3 nitrogen and oxygen atoms in total. The van der Waals surface area contributed by atoms with Crippen LogP contribution in [0.3, 0.4) is 0 Å². The first-order valence-corrected chi connectivity index (χ1v) is 6.97. The van der Waals surface area contributed by atoms with Crippen molar-refractivity contribution in [1.82, 2.24) is 14.5 Å². The summed E-state index contributed by atoms with van der Waals surface area (Å²) in [7, 11) is 2.10. The molecule has 3 rings (SSSR count). The molecule has 0 aliphatic heterocycles. The highest BCUT2D eigenvalue weighted by Gasteiger charge is 2.15. The van der Waals surface area contributed by atoms with Gasteiger partial charge in [0.1, 0.15) is 5.82 Å². The van der Waals surface area contributed by atoms with Gasteiger partial charge in [-0.2, -0.15) is 0 Å². The molecule has 0 fully saturated rings. The molecule has 1 N–H and O–H groups in total. The molecule has 0 spiro atoms. The minimum atomic E-state index is 0.428. The summed E-state index contributed by atoms with van der Waals surface area (Å²) in [5, 5.41) is 1.27. The van der Waals surface area contributed by atoms with Crippen molar-refractivity contribution in [2.24, 2.45) is 7.05 Å². The Morgan fingerprint density at radius 2 is 1.84 bits per heavy atom. The van der Waals surface area contributed by atoms with Crippen LogP contribution in [-0.2, 0) is 7.05 Å². The third-order valence-electron chi connectivity index (χ3n) is 3.89. The molecule has 0 saturated carbocycles. The van der Waals surface area contributed by atoms with E-state index in [9.17, 15) is 0 Å². The van der Waals surface area contributed by atoms with Gasteiger partial charge in [-0.3, -0.25) is 0 Å². The molecule has 1 aromatic carbocycles. The van der Waals surface area contributed by atoms with Crippen LogP contribution in [-0.4, -0.2) is 14.5 Å². The second-order valence-corrected chi connectivity index (χ2v) is 5.97. The Balaban J connectivity index is 2.32. The van der Waals surface area contributed by atoms with Gasteiger partial charge in [0, 0.05) is 18.4 Å². The molecule has 0 atom stereocenters. The Morgan fingerprint density at radius 1 is 1.11 bits per heavy atom. The average Bonchev–Trinajstić information content (AvgIpc) is 2.90. The summed E-state index contributed by atoms with van der Waals surface area (Å²) < 4.78 is 2.19. The number of aromatic nitrogens is 3. The van der Waals surface area contributed by atoms with E-state index in [1.807, 2.05) is 0 Å². The van der Waals surface area contributed by atoms with Gasteiger partial charge in [-0.1, -0.05) is 39.8 Å². The van der Waals surface area contributed by atoms with Gasteiger partial charge in [-0.25, -0.2) is 4.98 Å². The summed E-state index contributed by atoms with van der Waals surface area (Å²) >= 11 is 0. The third-order valence-corrected chi connectivity index (χ3v) is 3.89. The summed E-state index contributed by atoms with van der Waals surface area (Å²) in [5.74, 6) is 2.05. The Bertz CT molecular complexity index is 738. The molecule has 0 saturated heterocycles. The zero-order valence-corrected chi connectivity index (χ0v) is 12.3. The molecule has 0 aliphatic carbocycles. The lowest BCUT2D eigenvalue weighted by Crippen LogP contribution is -1.94. The zero-order chi connectivity index (χ0) is 13.7. The van der Waals surface area contributed by atoms with Gasteiger partial charge >= 0.3 is 0 Å². The number of fused-ring (bicyclic) bond motifs is 3. The Kier molecular flexibility index (Phi) is 2.66. The predicted octanol–water partition coefficient (Wildman–Crippen LogP) is 4.30. The van der Waals surface area contributed by atoms with Crippen LogP contribution in [0.4, 0.5) is 0 Å². The molecule has 3 heteroatoms. The molecule has 19 heavy (non-hydrogen) atoms. The summed E-state index contributed by atoms with van der Waals surface area (Å²) in [6, 6.07) is 6.72. The van der Waals surface area contributed by atoms with Gasteiger partial charge in [-0.15, -0.1) is 0 Å². The number of rotatable bonds is 2. The lowest BCUT2D eigenvalue weighted by atomic mass is 10.0. The highest BCUT2D eigenvalue weighted by atomic mass is 15.1. The molecule has 0 amide bonds. The minimum Gasteiger partial charge on any atom is -0.340 e. The fourth-order valence-electron chi connectivity index (χ4n) is 2.60. The minimum absolute atomic E-state index is 0.428. The van der Waals surface area contributed by atoms with Crippen LogP contribution in [0, 0.1) is 0 Å². The second kappa shape index (κ2) is 4.12. The van der Waals surface area contributed by atoms with Gasteiger partial charge in [0.25, 0.3) is 0 Å². The van der Waals surface area contributed by atoms with Gasteiger partial charge < -0.3 is 9.55 Å². The summed E-state index contributed by atoms with van der Waals surface area (Å²) in [6.07, 6.45) is 0. The van der Waals surface area contributed by atoms with Crippen LogP contribution in [0.5, 0.6) is 0 Å². The van der Waals surface area contributed by atoms with Crippen molar-refractivity contribution in [3.63, 3.8) is 0 Å². The number of hydrogen-bond acceptors (Lipinski definition) is 1. The summed E-state index contributed by atoms with van der Waals surface area (Å²) in [5.41, 5.74) is 4.85. The van der Waals surface area contributed by atoms with Crippen molar-refractivity contribution >= 4 is 22.1 Å². The largest absolute Gasteiger partial charge is 0.340 e. The SMILES string of the molecule is CC(C)c1ccc2c3[nH]c(C(C)C)nc3n(C)c2c1. The van der Waals surface area contributed by atoms with Crippen LogP contribution < -0.4 is 0 Å². The first-order valence-electron chi connectivity index (χ1n) is 6.97. The Hall–Kier alpha value is -1.77. The first kappa shape index (κ1) is 12.3. The normalized spacial score (nSPS) is 12.4.